The molecule has 0 aromatic heterocycles. The Hall–Kier alpha value is -0.898. The van der Waals surface area contributed by atoms with Gasteiger partial charge in [0.15, 0.2) is 0 Å². The average molecular weight is 350 g/mol. The van der Waals surface area contributed by atoms with Gasteiger partial charge in [-0.1, -0.05) is 34.6 Å². The molecule has 2 aromatic carbocycles. The van der Waals surface area contributed by atoms with Crippen LogP contribution in [0.3, 0.4) is 0 Å². The van der Waals surface area contributed by atoms with E-state index in [9.17, 15) is 0 Å². The summed E-state index contributed by atoms with van der Waals surface area (Å²) in [7, 11) is 0. The summed E-state index contributed by atoms with van der Waals surface area (Å²) in [5.74, 6) is 0. The Bertz CT molecular complexity index is 514. The van der Waals surface area contributed by atoms with E-state index in [0.29, 0.717) is 0 Å². The second kappa shape index (κ2) is 8.27. The van der Waals surface area contributed by atoms with Crippen molar-refractivity contribution < 1.29 is 17.4 Å². The normalized spacial score (nSPS) is 10.0. The molecule has 0 N–H and O–H groups in total. The predicted molar refractivity (Wildman–Crippen MR) is 101 cm³/mol. The fourth-order valence-corrected chi connectivity index (χ4v) is 3.09. The number of benzene rings is 1. The molecule has 2 rings (SSSR count). The Morgan fingerprint density at radius 2 is 0.565 bits per heavy atom. The van der Waals surface area contributed by atoms with Crippen molar-refractivity contribution in [2.75, 3.05) is 0 Å². The molecule has 1 heteroatoms. The summed E-state index contributed by atoms with van der Waals surface area (Å²) in [4.78, 5) is 0. The summed E-state index contributed by atoms with van der Waals surface area (Å²) in [6.45, 7) is 24.3. The van der Waals surface area contributed by atoms with E-state index in [1.54, 1.807) is 0 Å². The summed E-state index contributed by atoms with van der Waals surface area (Å²) in [5.41, 5.74) is 16.1. The zero-order valence-corrected chi connectivity index (χ0v) is 18.2. The van der Waals surface area contributed by atoms with E-state index >= 15 is 0 Å². The molecule has 0 nitrogen and oxygen atoms in total. The predicted octanol–water partition coefficient (Wildman–Crippen LogP) is 6.48. The van der Waals surface area contributed by atoms with E-state index in [4.69, 9.17) is 0 Å². The SMILES string of the molecule is Cc1c(C)c(C)[c-](C)c1C.Cc1c(C)c(C)c(C)c(C)c1C.[Cr]. The van der Waals surface area contributed by atoms with Crippen LogP contribution < -0.4 is 0 Å². The molecular weight excluding hydrogens is 316 g/mol. The molecular formula is C22H33Cr-. The van der Waals surface area contributed by atoms with Gasteiger partial charge in [-0.05, 0) is 74.9 Å². The van der Waals surface area contributed by atoms with Gasteiger partial charge in [0, 0.05) is 17.4 Å². The van der Waals surface area contributed by atoms with Crippen molar-refractivity contribution in [2.24, 2.45) is 0 Å². The first kappa shape index (κ1) is 22.1. The largest absolute Gasteiger partial charge is 0.196 e. The summed E-state index contributed by atoms with van der Waals surface area (Å²) >= 11 is 0. The van der Waals surface area contributed by atoms with Gasteiger partial charge in [-0.2, -0.15) is 27.8 Å². The molecule has 0 aliphatic heterocycles. The molecule has 23 heavy (non-hydrogen) atoms. The molecule has 0 heterocycles. The van der Waals surface area contributed by atoms with Crippen LogP contribution in [0.5, 0.6) is 0 Å². The fourth-order valence-electron chi connectivity index (χ4n) is 3.09. The maximum absolute atomic E-state index is 2.21. The van der Waals surface area contributed by atoms with Gasteiger partial charge in [0.05, 0.1) is 0 Å². The molecule has 0 aliphatic carbocycles. The van der Waals surface area contributed by atoms with E-state index in [-0.39, 0.29) is 17.4 Å². The van der Waals surface area contributed by atoms with E-state index < -0.39 is 0 Å². The first-order valence-corrected chi connectivity index (χ1v) is 8.25. The van der Waals surface area contributed by atoms with Crippen molar-refractivity contribution in [3.63, 3.8) is 0 Å². The molecule has 0 saturated heterocycles. The zero-order valence-electron chi connectivity index (χ0n) is 16.9. The van der Waals surface area contributed by atoms with Gasteiger partial charge in [-0.15, -0.1) is 0 Å². The van der Waals surface area contributed by atoms with Crippen LogP contribution in [0.25, 0.3) is 0 Å². The van der Waals surface area contributed by atoms with Crippen molar-refractivity contribution in [1.82, 2.24) is 0 Å². The monoisotopic (exact) mass is 349 g/mol. The molecule has 0 aliphatic rings. The molecule has 0 fully saturated rings. The summed E-state index contributed by atoms with van der Waals surface area (Å²) < 4.78 is 0. The summed E-state index contributed by atoms with van der Waals surface area (Å²) in [6, 6.07) is 0. The average Bonchev–Trinajstić information content (AvgIpc) is 2.67. The molecule has 0 bridgehead atoms. The Morgan fingerprint density at radius 3 is 0.652 bits per heavy atom. The fraction of sp³-hybridized carbons (Fsp3) is 0.500. The van der Waals surface area contributed by atoms with Gasteiger partial charge in [-0.25, -0.2) is 0 Å². The second-order valence-electron chi connectivity index (χ2n) is 6.88. The molecule has 2 aromatic rings. The van der Waals surface area contributed by atoms with Gasteiger partial charge in [-0.3, -0.25) is 0 Å². The van der Waals surface area contributed by atoms with Crippen LogP contribution in [-0.2, 0) is 17.4 Å². The third-order valence-electron chi connectivity index (χ3n) is 6.19. The maximum Gasteiger partial charge on any atom is 0 e. The standard InChI is InChI=1S/C12H18.C10H15.Cr/c1-7-8(2)10(4)12(6)11(5)9(7)3;1-6-7(2)9(4)10(5)8(6)3;/h1-6H3;1-5H3;/q;-1;. The first-order valence-electron chi connectivity index (χ1n) is 8.25. The second-order valence-corrected chi connectivity index (χ2v) is 6.88. The van der Waals surface area contributed by atoms with E-state index in [1.807, 2.05) is 0 Å². The third kappa shape index (κ3) is 4.14. The topological polar surface area (TPSA) is 0 Å². The Morgan fingerprint density at radius 1 is 0.391 bits per heavy atom. The summed E-state index contributed by atoms with van der Waals surface area (Å²) in [5, 5.41) is 0. The van der Waals surface area contributed by atoms with E-state index in [1.165, 1.54) is 61.2 Å². The smallest absolute Gasteiger partial charge is 0 e. The van der Waals surface area contributed by atoms with Gasteiger partial charge in [0.1, 0.15) is 0 Å². The van der Waals surface area contributed by atoms with Crippen LogP contribution in [0.15, 0.2) is 0 Å². The molecule has 0 amide bonds. The molecule has 0 atom stereocenters. The molecule has 128 valence electrons. The zero-order chi connectivity index (χ0) is 17.4. The molecule has 0 spiro atoms. The van der Waals surface area contributed by atoms with Crippen molar-refractivity contribution >= 4 is 0 Å². The quantitative estimate of drug-likeness (QED) is 0.477. The first-order chi connectivity index (χ1) is 10.0. The van der Waals surface area contributed by atoms with Gasteiger partial charge in [0.25, 0.3) is 0 Å². The van der Waals surface area contributed by atoms with Gasteiger partial charge >= 0.3 is 0 Å². The van der Waals surface area contributed by atoms with Gasteiger partial charge < -0.3 is 0 Å². The number of hydrogen-bond donors (Lipinski definition) is 0. The van der Waals surface area contributed by atoms with Crippen LogP contribution >= 0.6 is 0 Å². The van der Waals surface area contributed by atoms with E-state index in [0.717, 1.165) is 0 Å². The Balaban J connectivity index is 0.000000409. The minimum Gasteiger partial charge on any atom is -0.196 e. The Kier molecular flexibility index (Phi) is 7.95. The Labute approximate surface area is 154 Å². The van der Waals surface area contributed by atoms with Crippen LogP contribution in [-0.4, -0.2) is 0 Å². The van der Waals surface area contributed by atoms with Crippen molar-refractivity contribution in [1.29, 1.82) is 0 Å². The van der Waals surface area contributed by atoms with Crippen molar-refractivity contribution in [2.45, 2.75) is 76.2 Å². The van der Waals surface area contributed by atoms with Crippen LogP contribution in [0.2, 0.25) is 0 Å². The van der Waals surface area contributed by atoms with Crippen LogP contribution in [0, 0.1) is 76.2 Å². The molecule has 0 saturated carbocycles. The van der Waals surface area contributed by atoms with Crippen molar-refractivity contribution in [3.8, 4) is 0 Å². The molecule has 0 radical (unpaired) electrons. The van der Waals surface area contributed by atoms with Crippen LogP contribution in [0.4, 0.5) is 0 Å². The molecule has 0 unspecified atom stereocenters. The van der Waals surface area contributed by atoms with E-state index in [2.05, 4.69) is 76.2 Å². The summed E-state index contributed by atoms with van der Waals surface area (Å²) in [6.07, 6.45) is 0. The van der Waals surface area contributed by atoms with Crippen molar-refractivity contribution in [3.05, 3.63) is 61.2 Å². The third-order valence-corrected chi connectivity index (χ3v) is 6.19. The minimum absolute atomic E-state index is 0. The number of rotatable bonds is 0. The maximum atomic E-state index is 2.21. The number of hydrogen-bond acceptors (Lipinski definition) is 0. The van der Waals surface area contributed by atoms with Crippen LogP contribution in [0.1, 0.15) is 61.2 Å². The minimum atomic E-state index is 0. The van der Waals surface area contributed by atoms with Gasteiger partial charge in [0.2, 0.25) is 0 Å².